The Labute approximate surface area is 113 Å². The molecule has 98 valence electrons. The van der Waals surface area contributed by atoms with Gasteiger partial charge in [-0.2, -0.15) is 0 Å². The van der Waals surface area contributed by atoms with Crippen LogP contribution in [0, 0.1) is 5.92 Å². The smallest absolute Gasteiger partial charge is 0.160 e. The molecule has 0 fully saturated rings. The number of hydrogen-bond donors (Lipinski definition) is 0. The Morgan fingerprint density at radius 3 is 2.89 bits per heavy atom. The standard InChI is InChI=1S/C14H20ClN3/c1-11(2)6-3-4-9-18-13(10-15)17-12-7-5-8-16-14(12)18/h5,7-8,11H,3-4,6,9-10H2,1-2H3. The normalized spacial score (nSPS) is 11.6. The van der Waals surface area contributed by atoms with Crippen LogP contribution in [-0.4, -0.2) is 14.5 Å². The third kappa shape index (κ3) is 3.02. The Morgan fingerprint density at radius 1 is 1.33 bits per heavy atom. The van der Waals surface area contributed by atoms with E-state index in [2.05, 4.69) is 28.4 Å². The zero-order valence-corrected chi connectivity index (χ0v) is 11.8. The molecule has 0 atom stereocenters. The number of rotatable bonds is 6. The molecule has 2 aromatic heterocycles. The van der Waals surface area contributed by atoms with E-state index in [-0.39, 0.29) is 0 Å². The molecule has 0 aliphatic carbocycles. The van der Waals surface area contributed by atoms with Gasteiger partial charge in [-0.15, -0.1) is 11.6 Å². The highest BCUT2D eigenvalue weighted by Gasteiger charge is 2.09. The molecule has 0 aliphatic rings. The van der Waals surface area contributed by atoms with Crippen molar-refractivity contribution < 1.29 is 0 Å². The molecule has 0 bridgehead atoms. The lowest BCUT2D eigenvalue weighted by Crippen LogP contribution is -2.04. The van der Waals surface area contributed by atoms with Gasteiger partial charge in [0, 0.05) is 12.7 Å². The van der Waals surface area contributed by atoms with E-state index in [4.69, 9.17) is 11.6 Å². The summed E-state index contributed by atoms with van der Waals surface area (Å²) in [6, 6.07) is 3.90. The molecule has 2 aromatic rings. The zero-order chi connectivity index (χ0) is 13.0. The van der Waals surface area contributed by atoms with Gasteiger partial charge < -0.3 is 4.57 Å². The van der Waals surface area contributed by atoms with Crippen molar-refractivity contribution in [2.24, 2.45) is 5.92 Å². The number of aromatic nitrogens is 3. The van der Waals surface area contributed by atoms with Crippen molar-refractivity contribution in [3.63, 3.8) is 0 Å². The molecule has 0 aromatic carbocycles. The van der Waals surface area contributed by atoms with E-state index in [1.807, 2.05) is 18.3 Å². The Balaban J connectivity index is 2.10. The van der Waals surface area contributed by atoms with E-state index >= 15 is 0 Å². The van der Waals surface area contributed by atoms with Crippen LogP contribution in [0.1, 0.15) is 38.9 Å². The van der Waals surface area contributed by atoms with Crippen LogP contribution in [0.3, 0.4) is 0 Å². The lowest BCUT2D eigenvalue weighted by atomic mass is 10.1. The van der Waals surface area contributed by atoms with Gasteiger partial charge in [-0.25, -0.2) is 9.97 Å². The van der Waals surface area contributed by atoms with Crippen LogP contribution in [-0.2, 0) is 12.4 Å². The van der Waals surface area contributed by atoms with Crippen LogP contribution in [0.2, 0.25) is 0 Å². The molecule has 0 saturated carbocycles. The maximum atomic E-state index is 5.96. The minimum Gasteiger partial charge on any atom is -0.312 e. The molecule has 18 heavy (non-hydrogen) atoms. The van der Waals surface area contributed by atoms with Crippen molar-refractivity contribution in [1.29, 1.82) is 0 Å². The van der Waals surface area contributed by atoms with E-state index in [1.54, 1.807) is 0 Å². The van der Waals surface area contributed by atoms with Crippen LogP contribution in [0.5, 0.6) is 0 Å². The summed E-state index contributed by atoms with van der Waals surface area (Å²) in [4.78, 5) is 8.92. The first-order valence-electron chi connectivity index (χ1n) is 6.58. The van der Waals surface area contributed by atoms with Crippen LogP contribution in [0.4, 0.5) is 0 Å². The van der Waals surface area contributed by atoms with Gasteiger partial charge in [0.25, 0.3) is 0 Å². The van der Waals surface area contributed by atoms with E-state index in [9.17, 15) is 0 Å². The summed E-state index contributed by atoms with van der Waals surface area (Å²) in [5, 5.41) is 0. The number of imidazole rings is 1. The van der Waals surface area contributed by atoms with E-state index in [0.29, 0.717) is 5.88 Å². The minimum atomic E-state index is 0.445. The predicted molar refractivity (Wildman–Crippen MR) is 75.8 cm³/mol. The Bertz CT molecular complexity index is 505. The van der Waals surface area contributed by atoms with Gasteiger partial charge in [0.05, 0.1) is 5.88 Å². The number of unbranched alkanes of at least 4 members (excludes halogenated alkanes) is 1. The van der Waals surface area contributed by atoms with Gasteiger partial charge in [-0.3, -0.25) is 0 Å². The second-order valence-electron chi connectivity index (χ2n) is 5.05. The Hall–Kier alpha value is -1.09. The van der Waals surface area contributed by atoms with Crippen LogP contribution >= 0.6 is 11.6 Å². The highest BCUT2D eigenvalue weighted by atomic mass is 35.5. The summed E-state index contributed by atoms with van der Waals surface area (Å²) in [5.41, 5.74) is 1.90. The summed E-state index contributed by atoms with van der Waals surface area (Å²) in [7, 11) is 0. The van der Waals surface area contributed by atoms with Crippen LogP contribution in [0.15, 0.2) is 18.3 Å². The number of alkyl halides is 1. The fraction of sp³-hybridized carbons (Fsp3) is 0.571. The van der Waals surface area contributed by atoms with Crippen molar-refractivity contribution in [3.05, 3.63) is 24.2 Å². The first kappa shape index (κ1) is 13.3. The lowest BCUT2D eigenvalue weighted by Gasteiger charge is -2.08. The number of aryl methyl sites for hydroxylation is 1. The van der Waals surface area contributed by atoms with Crippen molar-refractivity contribution in [3.8, 4) is 0 Å². The predicted octanol–water partition coefficient (Wildman–Crippen LogP) is 4.00. The van der Waals surface area contributed by atoms with E-state index in [1.165, 1.54) is 12.8 Å². The summed E-state index contributed by atoms with van der Waals surface area (Å²) >= 11 is 5.96. The molecule has 0 spiro atoms. The van der Waals surface area contributed by atoms with Crippen molar-refractivity contribution in [2.75, 3.05) is 0 Å². The van der Waals surface area contributed by atoms with Gasteiger partial charge in [-0.05, 0) is 24.5 Å². The van der Waals surface area contributed by atoms with Gasteiger partial charge in [0.1, 0.15) is 11.3 Å². The molecule has 0 saturated heterocycles. The molecule has 0 radical (unpaired) electrons. The topological polar surface area (TPSA) is 30.7 Å². The maximum absolute atomic E-state index is 5.96. The number of halogens is 1. The number of hydrogen-bond acceptors (Lipinski definition) is 2. The second kappa shape index (κ2) is 6.19. The first-order valence-corrected chi connectivity index (χ1v) is 7.12. The summed E-state index contributed by atoms with van der Waals surface area (Å²) < 4.78 is 2.16. The van der Waals surface area contributed by atoms with E-state index in [0.717, 1.165) is 35.9 Å². The van der Waals surface area contributed by atoms with Crippen LogP contribution < -0.4 is 0 Å². The monoisotopic (exact) mass is 265 g/mol. The van der Waals surface area contributed by atoms with E-state index < -0.39 is 0 Å². The fourth-order valence-electron chi connectivity index (χ4n) is 2.16. The highest BCUT2D eigenvalue weighted by Crippen LogP contribution is 2.17. The Kier molecular flexibility index (Phi) is 4.59. The van der Waals surface area contributed by atoms with Gasteiger partial charge in [0.2, 0.25) is 0 Å². The van der Waals surface area contributed by atoms with Gasteiger partial charge >= 0.3 is 0 Å². The second-order valence-corrected chi connectivity index (χ2v) is 5.32. The SMILES string of the molecule is CC(C)CCCCn1c(CCl)nc2cccnc21. The molecule has 0 N–H and O–H groups in total. The molecule has 0 amide bonds. The summed E-state index contributed by atoms with van der Waals surface area (Å²) in [5.74, 6) is 2.14. The van der Waals surface area contributed by atoms with Crippen molar-refractivity contribution in [2.45, 2.75) is 45.5 Å². The average molecular weight is 266 g/mol. The Morgan fingerprint density at radius 2 is 2.17 bits per heavy atom. The molecule has 3 nitrogen and oxygen atoms in total. The summed E-state index contributed by atoms with van der Waals surface area (Å²) in [6.45, 7) is 5.49. The number of fused-ring (bicyclic) bond motifs is 1. The third-order valence-electron chi connectivity index (χ3n) is 3.12. The fourth-order valence-corrected chi connectivity index (χ4v) is 2.37. The molecule has 0 aliphatic heterocycles. The maximum Gasteiger partial charge on any atom is 0.160 e. The molecular weight excluding hydrogens is 246 g/mol. The van der Waals surface area contributed by atoms with Crippen molar-refractivity contribution >= 4 is 22.8 Å². The first-order chi connectivity index (χ1) is 8.72. The van der Waals surface area contributed by atoms with Crippen LogP contribution in [0.25, 0.3) is 11.2 Å². The average Bonchev–Trinajstić information content (AvgIpc) is 2.72. The van der Waals surface area contributed by atoms with Gasteiger partial charge in [0.15, 0.2) is 5.65 Å². The number of pyridine rings is 1. The molecule has 2 heterocycles. The lowest BCUT2D eigenvalue weighted by molar-refractivity contribution is 0.508. The third-order valence-corrected chi connectivity index (χ3v) is 3.35. The molecule has 2 rings (SSSR count). The largest absolute Gasteiger partial charge is 0.312 e. The quantitative estimate of drug-likeness (QED) is 0.584. The number of nitrogens with zero attached hydrogens (tertiary/aromatic N) is 3. The molecule has 0 unspecified atom stereocenters. The molecule has 4 heteroatoms. The minimum absolute atomic E-state index is 0.445. The molecular formula is C14H20ClN3. The highest BCUT2D eigenvalue weighted by molar-refractivity contribution is 6.16. The zero-order valence-electron chi connectivity index (χ0n) is 11.1. The summed E-state index contributed by atoms with van der Waals surface area (Å²) in [6.07, 6.45) is 5.49. The van der Waals surface area contributed by atoms with Crippen molar-refractivity contribution in [1.82, 2.24) is 14.5 Å². The van der Waals surface area contributed by atoms with Gasteiger partial charge in [-0.1, -0.05) is 26.7 Å².